The van der Waals surface area contributed by atoms with Crippen LogP contribution in [0.3, 0.4) is 0 Å². The lowest BCUT2D eigenvalue weighted by molar-refractivity contribution is 0.0906. The van der Waals surface area contributed by atoms with Crippen LogP contribution in [-0.4, -0.2) is 44.1 Å². The van der Waals surface area contributed by atoms with Crippen LogP contribution in [0.4, 0.5) is 0 Å². The van der Waals surface area contributed by atoms with Crippen LogP contribution in [0.25, 0.3) is 0 Å². The molecule has 0 bridgehead atoms. The van der Waals surface area contributed by atoms with Crippen LogP contribution in [-0.2, 0) is 17.8 Å². The summed E-state index contributed by atoms with van der Waals surface area (Å²) in [7, 11) is 1.90. The van der Waals surface area contributed by atoms with Crippen LogP contribution in [0, 0.1) is 11.3 Å². The van der Waals surface area contributed by atoms with E-state index in [1.54, 1.807) is 0 Å². The molecule has 0 radical (unpaired) electrons. The maximum atomic E-state index is 5.97. The van der Waals surface area contributed by atoms with Gasteiger partial charge in [0, 0.05) is 32.6 Å². The van der Waals surface area contributed by atoms with Crippen molar-refractivity contribution in [3.05, 3.63) is 71.8 Å². The summed E-state index contributed by atoms with van der Waals surface area (Å²) in [5.74, 6) is 1.63. The molecule has 1 atom stereocenters. The molecule has 1 aliphatic carbocycles. The van der Waals surface area contributed by atoms with Crippen molar-refractivity contribution in [2.24, 2.45) is 16.3 Å². The summed E-state index contributed by atoms with van der Waals surface area (Å²) < 4.78 is 5.97. The lowest BCUT2D eigenvalue weighted by atomic mass is 9.96. The molecule has 4 rings (SSSR count). The summed E-state index contributed by atoms with van der Waals surface area (Å²) >= 11 is 0. The van der Waals surface area contributed by atoms with E-state index < -0.39 is 0 Å². The highest BCUT2D eigenvalue weighted by Gasteiger charge is 2.42. The quantitative estimate of drug-likeness (QED) is 0.311. The molecular weight excluding hydrogens is 485 g/mol. The Balaban J connectivity index is 0.00000256. The van der Waals surface area contributed by atoms with Crippen LogP contribution in [0.2, 0.25) is 0 Å². The molecular formula is C25H34IN3O. The Morgan fingerprint density at radius 2 is 1.73 bits per heavy atom. The van der Waals surface area contributed by atoms with Gasteiger partial charge in [0.2, 0.25) is 0 Å². The van der Waals surface area contributed by atoms with Gasteiger partial charge in [-0.15, -0.1) is 24.0 Å². The molecule has 2 aliphatic rings. The van der Waals surface area contributed by atoms with Gasteiger partial charge in [0.05, 0.1) is 13.2 Å². The van der Waals surface area contributed by atoms with Crippen molar-refractivity contribution in [3.63, 3.8) is 0 Å². The molecule has 2 aromatic rings. The Hall–Kier alpha value is -1.60. The number of nitrogens with zero attached hydrogens (tertiary/aromatic N) is 2. The molecule has 5 heteroatoms. The molecule has 162 valence electrons. The number of likely N-dealkylation sites (tertiary alicyclic amines) is 1. The average molecular weight is 519 g/mol. The summed E-state index contributed by atoms with van der Waals surface area (Å²) in [6.07, 6.45) is 4.95. The van der Waals surface area contributed by atoms with Gasteiger partial charge >= 0.3 is 0 Å². The van der Waals surface area contributed by atoms with E-state index in [1.165, 1.54) is 30.4 Å². The maximum absolute atomic E-state index is 5.97. The number of rotatable bonds is 8. The van der Waals surface area contributed by atoms with E-state index in [2.05, 4.69) is 69.8 Å². The third-order valence-corrected chi connectivity index (χ3v) is 6.26. The smallest absolute Gasteiger partial charge is 0.193 e. The van der Waals surface area contributed by atoms with Crippen molar-refractivity contribution in [2.75, 3.05) is 33.3 Å². The molecule has 1 saturated heterocycles. The van der Waals surface area contributed by atoms with Gasteiger partial charge in [-0.3, -0.25) is 4.99 Å². The largest absolute Gasteiger partial charge is 0.376 e. The Kier molecular flexibility index (Phi) is 8.57. The number of nitrogens with one attached hydrogen (secondary N) is 1. The van der Waals surface area contributed by atoms with E-state index in [1.807, 2.05) is 13.1 Å². The molecule has 1 aliphatic heterocycles. The second-order valence-corrected chi connectivity index (χ2v) is 8.66. The molecule has 1 heterocycles. The Bertz CT molecular complexity index is 793. The SMILES string of the molecule is CN=C(NCC1(Cc2ccccc2)CC1)N1CCC(COCc2ccccc2)C1.I. The van der Waals surface area contributed by atoms with Gasteiger partial charge in [-0.25, -0.2) is 0 Å². The molecule has 2 fully saturated rings. The van der Waals surface area contributed by atoms with E-state index in [0.29, 0.717) is 17.9 Å². The molecule has 0 amide bonds. The minimum Gasteiger partial charge on any atom is -0.376 e. The first-order valence-corrected chi connectivity index (χ1v) is 10.9. The second kappa shape index (κ2) is 11.1. The topological polar surface area (TPSA) is 36.9 Å². The zero-order valence-corrected chi connectivity index (χ0v) is 20.3. The van der Waals surface area contributed by atoms with Crippen LogP contribution in [0.15, 0.2) is 65.7 Å². The number of aliphatic imine (C=N–C) groups is 1. The van der Waals surface area contributed by atoms with E-state index >= 15 is 0 Å². The van der Waals surface area contributed by atoms with E-state index in [9.17, 15) is 0 Å². The average Bonchev–Trinajstić information content (AvgIpc) is 3.36. The molecule has 1 unspecified atom stereocenters. The van der Waals surface area contributed by atoms with Gasteiger partial charge in [-0.1, -0.05) is 60.7 Å². The summed E-state index contributed by atoms with van der Waals surface area (Å²) in [6, 6.07) is 21.3. The van der Waals surface area contributed by atoms with Crippen molar-refractivity contribution in [1.82, 2.24) is 10.2 Å². The number of hydrogen-bond donors (Lipinski definition) is 1. The van der Waals surface area contributed by atoms with Gasteiger partial charge in [0.25, 0.3) is 0 Å². The van der Waals surface area contributed by atoms with Crippen molar-refractivity contribution in [2.45, 2.75) is 32.3 Å². The molecule has 2 aromatic carbocycles. The molecule has 30 heavy (non-hydrogen) atoms. The van der Waals surface area contributed by atoms with Crippen molar-refractivity contribution in [3.8, 4) is 0 Å². The van der Waals surface area contributed by atoms with Gasteiger partial charge in [0.15, 0.2) is 5.96 Å². The summed E-state index contributed by atoms with van der Waals surface area (Å²) in [5, 5.41) is 3.67. The van der Waals surface area contributed by atoms with Crippen molar-refractivity contribution >= 4 is 29.9 Å². The van der Waals surface area contributed by atoms with Crippen LogP contribution in [0.5, 0.6) is 0 Å². The third kappa shape index (κ3) is 6.45. The van der Waals surface area contributed by atoms with Gasteiger partial charge in [0.1, 0.15) is 0 Å². The third-order valence-electron chi connectivity index (χ3n) is 6.26. The van der Waals surface area contributed by atoms with Gasteiger partial charge in [-0.05, 0) is 42.2 Å². The van der Waals surface area contributed by atoms with Crippen molar-refractivity contribution in [1.29, 1.82) is 0 Å². The fraction of sp³-hybridized carbons (Fsp3) is 0.480. The molecule has 1 saturated carbocycles. The Morgan fingerprint density at radius 1 is 1.07 bits per heavy atom. The molecule has 0 aromatic heterocycles. The van der Waals surface area contributed by atoms with E-state index in [-0.39, 0.29) is 24.0 Å². The van der Waals surface area contributed by atoms with Gasteiger partial charge in [-0.2, -0.15) is 0 Å². The monoisotopic (exact) mass is 519 g/mol. The van der Waals surface area contributed by atoms with Gasteiger partial charge < -0.3 is 15.0 Å². The van der Waals surface area contributed by atoms with Crippen LogP contribution < -0.4 is 5.32 Å². The molecule has 0 spiro atoms. The zero-order chi connectivity index (χ0) is 19.9. The summed E-state index contributed by atoms with van der Waals surface area (Å²) in [6.45, 7) is 4.62. The standard InChI is InChI=1S/C25H33N3O.HI/c1-26-24(27-20-25(13-14-25)16-21-8-4-2-5-9-21)28-15-12-23(17-28)19-29-18-22-10-6-3-7-11-22;/h2-11,23H,12-20H2,1H3,(H,26,27);1H. The second-order valence-electron chi connectivity index (χ2n) is 8.66. The number of halogens is 1. The van der Waals surface area contributed by atoms with E-state index in [0.717, 1.165) is 38.6 Å². The Labute approximate surface area is 198 Å². The number of benzene rings is 2. The first-order chi connectivity index (χ1) is 14.3. The fourth-order valence-electron chi connectivity index (χ4n) is 4.30. The predicted molar refractivity (Wildman–Crippen MR) is 134 cm³/mol. The minimum atomic E-state index is 0. The highest BCUT2D eigenvalue weighted by Crippen LogP contribution is 2.47. The predicted octanol–water partition coefficient (Wildman–Crippen LogP) is 4.74. The number of guanidine groups is 1. The number of ether oxygens (including phenoxy) is 1. The fourth-order valence-corrected chi connectivity index (χ4v) is 4.30. The van der Waals surface area contributed by atoms with E-state index in [4.69, 9.17) is 4.74 Å². The zero-order valence-electron chi connectivity index (χ0n) is 17.9. The number of hydrogen-bond acceptors (Lipinski definition) is 2. The highest BCUT2D eigenvalue weighted by molar-refractivity contribution is 14.0. The lowest BCUT2D eigenvalue weighted by Gasteiger charge is -2.24. The van der Waals surface area contributed by atoms with Crippen LogP contribution >= 0.6 is 24.0 Å². The van der Waals surface area contributed by atoms with Crippen molar-refractivity contribution < 1.29 is 4.74 Å². The minimum absolute atomic E-state index is 0. The maximum Gasteiger partial charge on any atom is 0.193 e. The van der Waals surface area contributed by atoms with Crippen LogP contribution in [0.1, 0.15) is 30.4 Å². The molecule has 1 N–H and O–H groups in total. The molecule has 4 nitrogen and oxygen atoms in total. The Morgan fingerprint density at radius 3 is 2.37 bits per heavy atom. The summed E-state index contributed by atoms with van der Waals surface area (Å²) in [5.41, 5.74) is 3.10. The lowest BCUT2D eigenvalue weighted by Crippen LogP contribution is -2.43. The highest BCUT2D eigenvalue weighted by atomic mass is 127. The first kappa shape index (κ1) is 23.1. The first-order valence-electron chi connectivity index (χ1n) is 10.9. The summed E-state index contributed by atoms with van der Waals surface area (Å²) in [4.78, 5) is 6.96. The normalized spacial score (nSPS) is 20.0.